The first-order chi connectivity index (χ1) is 7.61. The van der Waals surface area contributed by atoms with Crippen LogP contribution in [0, 0.1) is 0 Å². The molecule has 0 saturated heterocycles. The molecule has 4 nitrogen and oxygen atoms in total. The average molecular weight is 218 g/mol. The van der Waals surface area contributed by atoms with Gasteiger partial charge in [-0.1, -0.05) is 0 Å². The molecule has 2 N–H and O–H groups in total. The molecule has 4 heteroatoms. The molecular weight excluding hydrogens is 208 g/mol. The summed E-state index contributed by atoms with van der Waals surface area (Å²) in [6.07, 6.45) is 1.43. The predicted octanol–water partition coefficient (Wildman–Crippen LogP) is 2.56. The van der Waals surface area contributed by atoms with Crippen molar-refractivity contribution in [3.05, 3.63) is 36.1 Å². The van der Waals surface area contributed by atoms with Crippen molar-refractivity contribution in [1.82, 2.24) is 0 Å². The van der Waals surface area contributed by atoms with Gasteiger partial charge in [0.15, 0.2) is 5.78 Å². The summed E-state index contributed by atoms with van der Waals surface area (Å²) in [5.74, 6) is -0.256. The van der Waals surface area contributed by atoms with Crippen LogP contribution in [0.15, 0.2) is 34.9 Å². The molecule has 0 atom stereocenters. The zero-order chi connectivity index (χ0) is 11.7. The molecule has 0 unspecified atom stereocenters. The van der Waals surface area contributed by atoms with E-state index in [1.807, 2.05) is 0 Å². The Bertz CT molecular complexity index is 526. The molecule has 2 aromatic rings. The lowest BCUT2D eigenvalue weighted by atomic mass is 10.00. The molecule has 82 valence electrons. The van der Waals surface area contributed by atoms with E-state index in [4.69, 9.17) is 4.42 Å². The number of hydrogen-bond donors (Lipinski definition) is 2. The van der Waals surface area contributed by atoms with Crippen molar-refractivity contribution in [2.24, 2.45) is 0 Å². The first-order valence-corrected chi connectivity index (χ1v) is 4.71. The lowest BCUT2D eigenvalue weighted by Crippen LogP contribution is -1.96. The van der Waals surface area contributed by atoms with E-state index in [2.05, 4.69) is 0 Å². The van der Waals surface area contributed by atoms with Crippen LogP contribution in [-0.4, -0.2) is 16.0 Å². The van der Waals surface area contributed by atoms with Crippen LogP contribution in [-0.2, 0) is 0 Å². The van der Waals surface area contributed by atoms with Gasteiger partial charge in [0.2, 0.25) is 0 Å². The zero-order valence-corrected chi connectivity index (χ0v) is 8.60. The van der Waals surface area contributed by atoms with Crippen LogP contribution < -0.4 is 0 Å². The molecule has 0 spiro atoms. The van der Waals surface area contributed by atoms with Crippen molar-refractivity contribution in [1.29, 1.82) is 0 Å². The smallest absolute Gasteiger partial charge is 0.164 e. The van der Waals surface area contributed by atoms with Gasteiger partial charge in [-0.25, -0.2) is 0 Å². The van der Waals surface area contributed by atoms with E-state index in [0.29, 0.717) is 5.76 Å². The number of benzene rings is 1. The predicted molar refractivity (Wildman–Crippen MR) is 57.5 cm³/mol. The van der Waals surface area contributed by atoms with E-state index < -0.39 is 0 Å². The molecule has 1 heterocycles. The number of Topliss-reactive ketones (excluding diaryl/α,β-unsaturated/α-hetero) is 1. The fraction of sp³-hybridized carbons (Fsp3) is 0.0833. The Balaban J connectivity index is 2.76. The number of phenolic OH excluding ortho intramolecular Hbond substituents is 2. The number of carbonyl (C=O) groups is 1. The van der Waals surface area contributed by atoms with Gasteiger partial charge in [-0.3, -0.25) is 4.79 Å². The molecule has 0 aliphatic heterocycles. The molecule has 0 radical (unpaired) electrons. The molecule has 16 heavy (non-hydrogen) atoms. The second kappa shape index (κ2) is 3.73. The summed E-state index contributed by atoms with van der Waals surface area (Å²) in [5.41, 5.74) is 0.285. The van der Waals surface area contributed by atoms with Gasteiger partial charge >= 0.3 is 0 Å². The highest BCUT2D eigenvalue weighted by atomic mass is 16.3. The van der Waals surface area contributed by atoms with Crippen molar-refractivity contribution >= 4 is 5.78 Å². The quantitative estimate of drug-likeness (QED) is 0.600. The molecule has 0 amide bonds. The maximum atomic E-state index is 11.4. The highest BCUT2D eigenvalue weighted by Crippen LogP contribution is 2.37. The summed E-state index contributed by atoms with van der Waals surface area (Å²) >= 11 is 0. The highest BCUT2D eigenvalue weighted by molar-refractivity contribution is 6.04. The van der Waals surface area contributed by atoms with Crippen LogP contribution in [0.2, 0.25) is 0 Å². The van der Waals surface area contributed by atoms with Crippen molar-refractivity contribution in [2.75, 3.05) is 0 Å². The van der Waals surface area contributed by atoms with Gasteiger partial charge < -0.3 is 14.6 Å². The monoisotopic (exact) mass is 218 g/mol. The van der Waals surface area contributed by atoms with Crippen LogP contribution in [0.5, 0.6) is 11.5 Å². The molecule has 0 aliphatic carbocycles. The van der Waals surface area contributed by atoms with E-state index in [1.165, 1.54) is 25.3 Å². The third kappa shape index (κ3) is 1.54. The lowest BCUT2D eigenvalue weighted by Gasteiger charge is -2.08. The van der Waals surface area contributed by atoms with Crippen LogP contribution in [0.3, 0.4) is 0 Å². The first kappa shape index (κ1) is 10.3. The summed E-state index contributed by atoms with van der Waals surface area (Å²) in [7, 11) is 0. The second-order valence-electron chi connectivity index (χ2n) is 3.39. The Hall–Kier alpha value is -2.23. The molecule has 1 aromatic heterocycles. The fourth-order valence-corrected chi connectivity index (χ4v) is 1.61. The van der Waals surface area contributed by atoms with Gasteiger partial charge in [0.05, 0.1) is 17.4 Å². The molecular formula is C12H10O4. The Labute approximate surface area is 91.8 Å². The summed E-state index contributed by atoms with van der Waals surface area (Å²) < 4.78 is 5.12. The Morgan fingerprint density at radius 1 is 1.19 bits per heavy atom. The lowest BCUT2D eigenvalue weighted by molar-refractivity contribution is 0.101. The van der Waals surface area contributed by atoms with Gasteiger partial charge in [0, 0.05) is 0 Å². The molecule has 1 aromatic carbocycles. The number of furan rings is 1. The maximum Gasteiger partial charge on any atom is 0.164 e. The summed E-state index contributed by atoms with van der Waals surface area (Å²) in [6.45, 7) is 1.32. The van der Waals surface area contributed by atoms with Crippen LogP contribution >= 0.6 is 0 Å². The van der Waals surface area contributed by atoms with E-state index in [9.17, 15) is 15.0 Å². The maximum absolute atomic E-state index is 11.4. The SMILES string of the molecule is CC(=O)c1c(O)ccc(O)c1-c1ccco1. The Morgan fingerprint density at radius 3 is 2.44 bits per heavy atom. The minimum absolute atomic E-state index is 0.0648. The van der Waals surface area contributed by atoms with Crippen LogP contribution in [0.4, 0.5) is 0 Å². The number of hydrogen-bond acceptors (Lipinski definition) is 4. The third-order valence-electron chi connectivity index (χ3n) is 2.28. The number of ketones is 1. The van der Waals surface area contributed by atoms with Gasteiger partial charge in [-0.05, 0) is 31.2 Å². The highest BCUT2D eigenvalue weighted by Gasteiger charge is 2.19. The van der Waals surface area contributed by atoms with Gasteiger partial charge in [0.1, 0.15) is 17.3 Å². The van der Waals surface area contributed by atoms with Crippen LogP contribution in [0.25, 0.3) is 11.3 Å². The normalized spacial score (nSPS) is 10.3. The van der Waals surface area contributed by atoms with Crippen molar-refractivity contribution < 1.29 is 19.4 Å². The first-order valence-electron chi connectivity index (χ1n) is 4.71. The van der Waals surface area contributed by atoms with Gasteiger partial charge in [-0.15, -0.1) is 0 Å². The minimum Gasteiger partial charge on any atom is -0.507 e. The van der Waals surface area contributed by atoms with Crippen molar-refractivity contribution in [3.63, 3.8) is 0 Å². The topological polar surface area (TPSA) is 70.7 Å². The Morgan fingerprint density at radius 2 is 1.88 bits per heavy atom. The fourth-order valence-electron chi connectivity index (χ4n) is 1.61. The molecule has 0 fully saturated rings. The molecule has 0 bridgehead atoms. The van der Waals surface area contributed by atoms with Gasteiger partial charge in [-0.2, -0.15) is 0 Å². The number of rotatable bonds is 2. The zero-order valence-electron chi connectivity index (χ0n) is 8.60. The largest absolute Gasteiger partial charge is 0.507 e. The summed E-state index contributed by atoms with van der Waals surface area (Å²) in [4.78, 5) is 11.4. The standard InChI is InChI=1S/C12H10O4/c1-7(13)11-8(14)4-5-9(15)12(11)10-3-2-6-16-10/h2-6,14-15H,1H3. The van der Waals surface area contributed by atoms with E-state index in [-0.39, 0.29) is 28.4 Å². The summed E-state index contributed by atoms with van der Waals surface area (Å²) in [6, 6.07) is 5.85. The third-order valence-corrected chi connectivity index (χ3v) is 2.28. The number of phenols is 2. The van der Waals surface area contributed by atoms with Crippen molar-refractivity contribution in [3.8, 4) is 22.8 Å². The molecule has 2 rings (SSSR count). The Kier molecular flexibility index (Phi) is 2.40. The van der Waals surface area contributed by atoms with Crippen LogP contribution in [0.1, 0.15) is 17.3 Å². The van der Waals surface area contributed by atoms with E-state index in [1.54, 1.807) is 12.1 Å². The van der Waals surface area contributed by atoms with E-state index in [0.717, 1.165) is 0 Å². The van der Waals surface area contributed by atoms with E-state index >= 15 is 0 Å². The van der Waals surface area contributed by atoms with Gasteiger partial charge in [0.25, 0.3) is 0 Å². The van der Waals surface area contributed by atoms with Crippen molar-refractivity contribution in [2.45, 2.75) is 6.92 Å². The number of carbonyl (C=O) groups excluding carboxylic acids is 1. The summed E-state index contributed by atoms with van der Waals surface area (Å²) in [5, 5.41) is 19.3. The molecule has 0 saturated carbocycles. The second-order valence-corrected chi connectivity index (χ2v) is 3.39. The average Bonchev–Trinajstić information content (AvgIpc) is 2.73. The number of aromatic hydroxyl groups is 2. The molecule has 0 aliphatic rings. The minimum atomic E-state index is -0.334.